The predicted octanol–water partition coefficient (Wildman–Crippen LogP) is 0.954. The number of aromatic nitrogens is 3. The number of rotatable bonds is 4. The van der Waals surface area contributed by atoms with E-state index in [-0.39, 0.29) is 0 Å². The number of guanidine groups is 1. The van der Waals surface area contributed by atoms with Crippen LogP contribution in [0, 0.1) is 11.6 Å². The molecule has 0 unspecified atom stereocenters. The molecule has 3 rings (SSSR count). The zero-order valence-corrected chi connectivity index (χ0v) is 14.1. The Bertz CT molecular complexity index is 709. The van der Waals surface area contributed by atoms with Crippen molar-refractivity contribution in [2.75, 3.05) is 44.7 Å². The first kappa shape index (κ1) is 17.1. The van der Waals surface area contributed by atoms with E-state index in [1.165, 1.54) is 18.5 Å². The molecule has 0 radical (unpaired) electrons. The first-order chi connectivity index (χ1) is 12.2. The molecule has 1 N–H and O–H groups in total. The summed E-state index contributed by atoms with van der Waals surface area (Å²) < 4.78 is 29.0. The van der Waals surface area contributed by atoms with Gasteiger partial charge >= 0.3 is 0 Å². The maximum atomic E-state index is 13.9. The van der Waals surface area contributed by atoms with Gasteiger partial charge in [-0.3, -0.25) is 9.67 Å². The molecule has 2 heterocycles. The number of hydrogen-bond acceptors (Lipinski definition) is 4. The van der Waals surface area contributed by atoms with Crippen LogP contribution in [0.25, 0.3) is 0 Å². The van der Waals surface area contributed by atoms with Crippen LogP contribution < -0.4 is 10.2 Å². The molecule has 1 aromatic carbocycles. The van der Waals surface area contributed by atoms with Crippen molar-refractivity contribution in [1.82, 2.24) is 25.0 Å². The van der Waals surface area contributed by atoms with E-state index in [4.69, 9.17) is 0 Å². The number of aliphatic imine (C=N–C) groups is 1. The Morgan fingerprint density at radius 1 is 1.24 bits per heavy atom. The van der Waals surface area contributed by atoms with Gasteiger partial charge in [-0.2, -0.15) is 5.10 Å². The summed E-state index contributed by atoms with van der Waals surface area (Å²) in [4.78, 5) is 12.2. The molecule has 134 valence electrons. The number of nitrogens with zero attached hydrogens (tertiary/aromatic N) is 6. The van der Waals surface area contributed by atoms with Crippen LogP contribution in [-0.4, -0.2) is 65.4 Å². The van der Waals surface area contributed by atoms with Crippen LogP contribution in [0.15, 0.2) is 35.8 Å². The molecule has 0 amide bonds. The van der Waals surface area contributed by atoms with Crippen molar-refractivity contribution < 1.29 is 8.78 Å². The van der Waals surface area contributed by atoms with Gasteiger partial charge in [0.05, 0.1) is 12.2 Å². The standard InChI is InChI=1S/C16H21F2N7/c1-19-16(21-4-5-25-12-20-11-22-25)24-8-6-23(7-9-24)15-10-13(17)2-3-14(15)18/h2-3,10-12H,4-9H2,1H3,(H,19,21). The molecule has 7 nitrogen and oxygen atoms in total. The summed E-state index contributed by atoms with van der Waals surface area (Å²) in [5.74, 6) is -0.0333. The Morgan fingerprint density at radius 2 is 2.04 bits per heavy atom. The van der Waals surface area contributed by atoms with Crippen LogP contribution >= 0.6 is 0 Å². The van der Waals surface area contributed by atoms with Crippen molar-refractivity contribution in [3.63, 3.8) is 0 Å². The molecule has 1 fully saturated rings. The third-order valence-corrected chi connectivity index (χ3v) is 4.13. The Labute approximate surface area is 145 Å². The first-order valence-electron chi connectivity index (χ1n) is 8.15. The highest BCUT2D eigenvalue weighted by Crippen LogP contribution is 2.21. The number of nitrogens with one attached hydrogen (secondary N) is 1. The number of anilines is 1. The lowest BCUT2D eigenvalue weighted by Crippen LogP contribution is -2.53. The molecule has 0 aliphatic carbocycles. The van der Waals surface area contributed by atoms with Gasteiger partial charge in [0.15, 0.2) is 5.96 Å². The van der Waals surface area contributed by atoms with Gasteiger partial charge in [-0.25, -0.2) is 13.8 Å². The lowest BCUT2D eigenvalue weighted by molar-refractivity contribution is 0.369. The van der Waals surface area contributed by atoms with Gasteiger partial charge in [0.2, 0.25) is 0 Å². The van der Waals surface area contributed by atoms with E-state index in [1.807, 2.05) is 4.90 Å². The number of benzene rings is 1. The second kappa shape index (κ2) is 7.91. The summed E-state index contributed by atoms with van der Waals surface area (Å²) >= 11 is 0. The maximum Gasteiger partial charge on any atom is 0.193 e. The molecule has 0 atom stereocenters. The average Bonchev–Trinajstić information content (AvgIpc) is 3.15. The van der Waals surface area contributed by atoms with Crippen molar-refractivity contribution in [3.05, 3.63) is 42.5 Å². The van der Waals surface area contributed by atoms with Gasteiger partial charge in [-0.1, -0.05) is 0 Å². The Balaban J connectivity index is 1.52. The number of hydrogen-bond donors (Lipinski definition) is 1. The average molecular weight is 349 g/mol. The van der Waals surface area contributed by atoms with E-state index < -0.39 is 11.6 Å². The van der Waals surface area contributed by atoms with Crippen LogP contribution in [0.5, 0.6) is 0 Å². The maximum absolute atomic E-state index is 13.9. The van der Waals surface area contributed by atoms with Crippen LogP contribution in [0.2, 0.25) is 0 Å². The van der Waals surface area contributed by atoms with Gasteiger partial charge in [0, 0.05) is 45.8 Å². The SMILES string of the molecule is CN=C(NCCn1cncn1)N1CCN(c2cc(F)ccc2F)CC1. The quantitative estimate of drug-likeness (QED) is 0.658. The summed E-state index contributed by atoms with van der Waals surface area (Å²) in [5, 5.41) is 7.34. The topological polar surface area (TPSA) is 61.6 Å². The molecule has 9 heteroatoms. The van der Waals surface area contributed by atoms with Gasteiger partial charge in [-0.05, 0) is 12.1 Å². The molecule has 1 aliphatic rings. The second-order valence-electron chi connectivity index (χ2n) is 5.70. The van der Waals surface area contributed by atoms with E-state index in [1.54, 1.807) is 18.1 Å². The molecule has 0 bridgehead atoms. The highest BCUT2D eigenvalue weighted by molar-refractivity contribution is 5.80. The zero-order chi connectivity index (χ0) is 17.6. The molecule has 2 aromatic rings. The van der Waals surface area contributed by atoms with Crippen LogP contribution in [0.1, 0.15) is 0 Å². The van der Waals surface area contributed by atoms with E-state index in [9.17, 15) is 8.78 Å². The fourth-order valence-electron chi connectivity index (χ4n) is 2.85. The normalized spacial score (nSPS) is 15.6. The summed E-state index contributed by atoms with van der Waals surface area (Å²) in [6.45, 7) is 3.93. The lowest BCUT2D eigenvalue weighted by atomic mass is 10.2. The van der Waals surface area contributed by atoms with Gasteiger partial charge in [0.25, 0.3) is 0 Å². The largest absolute Gasteiger partial charge is 0.366 e. The van der Waals surface area contributed by atoms with E-state index in [0.29, 0.717) is 45.0 Å². The second-order valence-corrected chi connectivity index (χ2v) is 5.70. The minimum Gasteiger partial charge on any atom is -0.366 e. The van der Waals surface area contributed by atoms with Crippen LogP contribution in [0.3, 0.4) is 0 Å². The Hall–Kier alpha value is -2.71. The van der Waals surface area contributed by atoms with Crippen molar-refractivity contribution >= 4 is 11.6 Å². The predicted molar refractivity (Wildman–Crippen MR) is 91.5 cm³/mol. The Kier molecular flexibility index (Phi) is 5.42. The van der Waals surface area contributed by atoms with E-state index >= 15 is 0 Å². The lowest BCUT2D eigenvalue weighted by Gasteiger charge is -2.37. The molecular formula is C16H21F2N7. The third kappa shape index (κ3) is 4.23. The number of piperazine rings is 1. The highest BCUT2D eigenvalue weighted by atomic mass is 19.1. The molecule has 1 saturated heterocycles. The highest BCUT2D eigenvalue weighted by Gasteiger charge is 2.21. The molecule has 0 spiro atoms. The molecule has 25 heavy (non-hydrogen) atoms. The van der Waals surface area contributed by atoms with E-state index in [0.717, 1.165) is 12.0 Å². The summed E-state index contributed by atoms with van der Waals surface area (Å²) in [6, 6.07) is 3.55. The van der Waals surface area contributed by atoms with Gasteiger partial charge in [-0.15, -0.1) is 0 Å². The molecular weight excluding hydrogens is 328 g/mol. The summed E-state index contributed by atoms with van der Waals surface area (Å²) in [5.41, 5.74) is 0.314. The van der Waals surface area contributed by atoms with Gasteiger partial charge < -0.3 is 15.1 Å². The smallest absolute Gasteiger partial charge is 0.193 e. The number of halogens is 2. The van der Waals surface area contributed by atoms with Crippen molar-refractivity contribution in [3.8, 4) is 0 Å². The first-order valence-corrected chi connectivity index (χ1v) is 8.15. The fraction of sp³-hybridized carbons (Fsp3) is 0.438. The zero-order valence-electron chi connectivity index (χ0n) is 14.1. The summed E-state index contributed by atoms with van der Waals surface area (Å²) in [6.07, 6.45) is 3.16. The van der Waals surface area contributed by atoms with Crippen LogP contribution in [0.4, 0.5) is 14.5 Å². The molecule has 1 aromatic heterocycles. The van der Waals surface area contributed by atoms with Crippen LogP contribution in [-0.2, 0) is 6.54 Å². The summed E-state index contributed by atoms with van der Waals surface area (Å²) in [7, 11) is 1.73. The van der Waals surface area contributed by atoms with Crippen molar-refractivity contribution in [2.45, 2.75) is 6.54 Å². The fourth-order valence-corrected chi connectivity index (χ4v) is 2.85. The van der Waals surface area contributed by atoms with Crippen molar-refractivity contribution in [2.24, 2.45) is 4.99 Å². The third-order valence-electron chi connectivity index (χ3n) is 4.13. The monoisotopic (exact) mass is 349 g/mol. The molecule has 1 aliphatic heterocycles. The van der Waals surface area contributed by atoms with Gasteiger partial charge in [0.1, 0.15) is 24.3 Å². The molecule has 0 saturated carbocycles. The van der Waals surface area contributed by atoms with E-state index in [2.05, 4.69) is 25.3 Å². The Morgan fingerprint density at radius 3 is 2.72 bits per heavy atom. The van der Waals surface area contributed by atoms with Crippen molar-refractivity contribution in [1.29, 1.82) is 0 Å². The minimum absolute atomic E-state index is 0.314. The minimum atomic E-state index is -0.426.